The van der Waals surface area contributed by atoms with Crippen molar-refractivity contribution in [3.63, 3.8) is 0 Å². The number of nitrogens with one attached hydrogen (secondary N) is 1. The van der Waals surface area contributed by atoms with Crippen LogP contribution in [0.3, 0.4) is 0 Å². The Balaban J connectivity index is 1.70. The van der Waals surface area contributed by atoms with Crippen LogP contribution in [0.4, 0.5) is 0 Å². The van der Waals surface area contributed by atoms with Crippen LogP contribution >= 0.6 is 23.1 Å². The molecule has 26 heavy (non-hydrogen) atoms. The summed E-state index contributed by atoms with van der Waals surface area (Å²) < 4.78 is 6.84. The summed E-state index contributed by atoms with van der Waals surface area (Å²) >= 11 is 3.19. The highest BCUT2D eigenvalue weighted by Crippen LogP contribution is 2.26. The quantitative estimate of drug-likeness (QED) is 0.492. The molecule has 2 heterocycles. The van der Waals surface area contributed by atoms with E-state index in [2.05, 4.69) is 5.32 Å². The summed E-state index contributed by atoms with van der Waals surface area (Å²) in [6, 6.07) is 11.8. The fourth-order valence-corrected chi connectivity index (χ4v) is 3.95. The van der Waals surface area contributed by atoms with Crippen LogP contribution in [-0.4, -0.2) is 29.3 Å². The number of rotatable bonds is 7. The van der Waals surface area contributed by atoms with Crippen molar-refractivity contribution in [2.24, 2.45) is 0 Å². The maximum atomic E-state index is 12.4. The van der Waals surface area contributed by atoms with Gasteiger partial charge >= 0.3 is 5.97 Å². The third-order valence-corrected chi connectivity index (χ3v) is 5.63. The molecule has 0 bridgehead atoms. The Morgan fingerprint density at radius 3 is 2.69 bits per heavy atom. The van der Waals surface area contributed by atoms with Crippen molar-refractivity contribution < 1.29 is 14.3 Å². The van der Waals surface area contributed by atoms with Gasteiger partial charge in [-0.25, -0.2) is 4.79 Å². The number of hydrogen-bond donors (Lipinski definition) is 1. The summed E-state index contributed by atoms with van der Waals surface area (Å²) in [7, 11) is 0. The molecule has 0 aliphatic heterocycles. The van der Waals surface area contributed by atoms with Crippen LogP contribution in [0.25, 0.3) is 10.2 Å². The van der Waals surface area contributed by atoms with Crippen molar-refractivity contribution in [1.82, 2.24) is 9.88 Å². The highest BCUT2D eigenvalue weighted by atomic mass is 32.2. The number of benzene rings is 1. The van der Waals surface area contributed by atoms with Gasteiger partial charge in [0.1, 0.15) is 17.1 Å². The Kier molecular flexibility index (Phi) is 6.00. The fourth-order valence-electron chi connectivity index (χ4n) is 2.65. The second-order valence-electron chi connectivity index (χ2n) is 5.64. The molecule has 0 unspecified atom stereocenters. The SMILES string of the molecule is CCOC(=O)c1cc2ccsc2n1CC(=O)NCc1ccc(SC)cc1. The average molecular weight is 389 g/mol. The number of hydrogen-bond acceptors (Lipinski definition) is 5. The number of carbonyl (C=O) groups is 2. The van der Waals surface area contributed by atoms with E-state index < -0.39 is 5.97 Å². The monoisotopic (exact) mass is 388 g/mol. The summed E-state index contributed by atoms with van der Waals surface area (Å²) in [4.78, 5) is 26.7. The van der Waals surface area contributed by atoms with Crippen LogP contribution in [0.5, 0.6) is 0 Å². The molecule has 7 heteroatoms. The molecule has 0 radical (unpaired) electrons. The molecule has 2 aromatic heterocycles. The average Bonchev–Trinajstić information content (AvgIpc) is 3.23. The van der Waals surface area contributed by atoms with E-state index in [9.17, 15) is 9.59 Å². The Hall–Kier alpha value is -2.25. The van der Waals surface area contributed by atoms with Gasteiger partial charge in [0.05, 0.1) is 6.61 Å². The Morgan fingerprint density at radius 1 is 1.23 bits per heavy atom. The van der Waals surface area contributed by atoms with E-state index in [-0.39, 0.29) is 12.5 Å². The first kappa shape index (κ1) is 18.5. The largest absolute Gasteiger partial charge is 0.461 e. The number of ether oxygens (including phenoxy) is 1. The maximum absolute atomic E-state index is 12.4. The standard InChI is InChI=1S/C19H20N2O3S2/c1-3-24-19(23)16-10-14-8-9-26-18(14)21(16)12-17(22)20-11-13-4-6-15(25-2)7-5-13/h4-10H,3,11-12H2,1-2H3,(H,20,22). The van der Waals surface area contributed by atoms with Crippen molar-refractivity contribution >= 4 is 45.2 Å². The molecule has 3 rings (SSSR count). The lowest BCUT2D eigenvalue weighted by Crippen LogP contribution is -2.28. The lowest BCUT2D eigenvalue weighted by Gasteiger charge is -2.10. The summed E-state index contributed by atoms with van der Waals surface area (Å²) in [6.07, 6.45) is 2.03. The van der Waals surface area contributed by atoms with Crippen molar-refractivity contribution in [1.29, 1.82) is 0 Å². The van der Waals surface area contributed by atoms with Gasteiger partial charge < -0.3 is 14.6 Å². The number of fused-ring (bicyclic) bond motifs is 1. The third kappa shape index (κ3) is 4.11. The van der Waals surface area contributed by atoms with Gasteiger partial charge in [-0.15, -0.1) is 23.1 Å². The highest BCUT2D eigenvalue weighted by molar-refractivity contribution is 7.98. The summed E-state index contributed by atoms with van der Waals surface area (Å²) in [6.45, 7) is 2.61. The minimum Gasteiger partial charge on any atom is -0.461 e. The molecule has 0 fully saturated rings. The van der Waals surface area contributed by atoms with E-state index in [1.165, 1.54) is 16.2 Å². The molecule has 1 aromatic carbocycles. The van der Waals surface area contributed by atoms with Crippen LogP contribution in [0, 0.1) is 0 Å². The summed E-state index contributed by atoms with van der Waals surface area (Å²) in [5, 5.41) is 5.80. The van der Waals surface area contributed by atoms with Crippen molar-refractivity contribution in [2.75, 3.05) is 12.9 Å². The van der Waals surface area contributed by atoms with Crippen LogP contribution in [0.2, 0.25) is 0 Å². The van der Waals surface area contributed by atoms with Gasteiger partial charge in [0.15, 0.2) is 0 Å². The van der Waals surface area contributed by atoms with E-state index in [1.807, 2.05) is 42.0 Å². The van der Waals surface area contributed by atoms with E-state index in [0.717, 1.165) is 15.8 Å². The van der Waals surface area contributed by atoms with Crippen molar-refractivity contribution in [2.45, 2.75) is 24.9 Å². The minimum absolute atomic E-state index is 0.0844. The first-order valence-corrected chi connectivity index (χ1v) is 10.4. The molecule has 1 amide bonds. The lowest BCUT2D eigenvalue weighted by molar-refractivity contribution is -0.121. The summed E-state index contributed by atoms with van der Waals surface area (Å²) in [5.74, 6) is -0.549. The van der Waals surface area contributed by atoms with Gasteiger partial charge in [-0.2, -0.15) is 0 Å². The fraction of sp³-hybridized carbons (Fsp3) is 0.263. The van der Waals surface area contributed by atoms with Gasteiger partial charge in [-0.3, -0.25) is 4.79 Å². The van der Waals surface area contributed by atoms with Crippen LogP contribution in [0.15, 0.2) is 46.7 Å². The second kappa shape index (κ2) is 8.42. The van der Waals surface area contributed by atoms with Gasteiger partial charge in [-0.05, 0) is 48.4 Å². The van der Waals surface area contributed by atoms with E-state index >= 15 is 0 Å². The third-order valence-electron chi connectivity index (χ3n) is 3.94. The molecule has 3 aromatic rings. The predicted molar refractivity (Wildman–Crippen MR) is 106 cm³/mol. The molecule has 0 atom stereocenters. The first-order chi connectivity index (χ1) is 12.6. The van der Waals surface area contributed by atoms with Crippen molar-refractivity contribution in [3.8, 4) is 0 Å². The minimum atomic E-state index is -0.406. The van der Waals surface area contributed by atoms with Crippen molar-refractivity contribution in [3.05, 3.63) is 53.0 Å². The molecule has 0 spiro atoms. The Bertz CT molecular complexity index is 913. The van der Waals surface area contributed by atoms with Gasteiger partial charge in [0, 0.05) is 16.8 Å². The van der Waals surface area contributed by atoms with E-state index in [4.69, 9.17) is 4.74 Å². The highest BCUT2D eigenvalue weighted by Gasteiger charge is 2.19. The van der Waals surface area contributed by atoms with Gasteiger partial charge in [0.25, 0.3) is 0 Å². The molecule has 136 valence electrons. The number of carbonyl (C=O) groups excluding carboxylic acids is 2. The normalized spacial score (nSPS) is 10.8. The molecule has 0 aliphatic carbocycles. The van der Waals surface area contributed by atoms with Crippen LogP contribution in [-0.2, 0) is 22.6 Å². The molecule has 5 nitrogen and oxygen atoms in total. The number of aromatic nitrogens is 1. The number of nitrogens with zero attached hydrogens (tertiary/aromatic N) is 1. The molecular weight excluding hydrogens is 368 g/mol. The molecular formula is C19H20N2O3S2. The molecule has 0 saturated carbocycles. The number of thioether (sulfide) groups is 1. The molecule has 1 N–H and O–H groups in total. The smallest absolute Gasteiger partial charge is 0.355 e. The zero-order valence-electron chi connectivity index (χ0n) is 14.7. The van der Waals surface area contributed by atoms with Crippen LogP contribution < -0.4 is 5.32 Å². The maximum Gasteiger partial charge on any atom is 0.355 e. The topological polar surface area (TPSA) is 60.3 Å². The number of amides is 1. The first-order valence-electron chi connectivity index (χ1n) is 8.26. The van der Waals surface area contributed by atoms with Gasteiger partial charge in [-0.1, -0.05) is 12.1 Å². The molecule has 0 aliphatic rings. The number of thiophene rings is 1. The Morgan fingerprint density at radius 2 is 2.00 bits per heavy atom. The lowest BCUT2D eigenvalue weighted by atomic mass is 10.2. The van der Waals surface area contributed by atoms with E-state index in [1.54, 1.807) is 29.3 Å². The van der Waals surface area contributed by atoms with E-state index in [0.29, 0.717) is 18.8 Å². The summed E-state index contributed by atoms with van der Waals surface area (Å²) in [5.41, 5.74) is 1.45. The Labute approximate surface area is 160 Å². The predicted octanol–water partition coefficient (Wildman–Crippen LogP) is 3.92. The zero-order valence-corrected chi connectivity index (χ0v) is 16.3. The molecule has 0 saturated heterocycles. The number of esters is 1. The second-order valence-corrected chi connectivity index (χ2v) is 7.42. The van der Waals surface area contributed by atoms with Crippen LogP contribution in [0.1, 0.15) is 23.0 Å². The van der Waals surface area contributed by atoms with Gasteiger partial charge in [0.2, 0.25) is 5.91 Å². The zero-order chi connectivity index (χ0) is 18.5.